The molecule has 0 amide bonds. The monoisotopic (exact) mass is 507 g/mol. The molecule has 4 nitrogen and oxygen atoms in total. The number of anilines is 1. The van der Waals surface area contributed by atoms with Crippen LogP contribution in [0.3, 0.4) is 0 Å². The van der Waals surface area contributed by atoms with Gasteiger partial charge in [-0.25, -0.2) is 9.13 Å². The molecule has 3 aromatic rings. The highest BCUT2D eigenvalue weighted by Gasteiger charge is 2.21. The molecule has 27 heavy (non-hydrogen) atoms. The summed E-state index contributed by atoms with van der Waals surface area (Å²) in [5.41, 5.74) is 8.27. The van der Waals surface area contributed by atoms with Crippen LogP contribution in [0.1, 0.15) is 10.4 Å². The third-order valence-electron chi connectivity index (χ3n) is 4.05. The van der Waals surface area contributed by atoms with Gasteiger partial charge >= 0.3 is 5.95 Å². The molecule has 0 fully saturated rings. The lowest BCUT2D eigenvalue weighted by Crippen LogP contribution is -3.00. The number of halogens is 5. The molecular formula is C18H14BrCl4N3O. The topological polar surface area (TPSA) is 51.9 Å². The first kappa shape index (κ1) is 22.1. The van der Waals surface area contributed by atoms with Gasteiger partial charge in [-0.3, -0.25) is 10.5 Å². The van der Waals surface area contributed by atoms with E-state index in [-0.39, 0.29) is 29.3 Å². The maximum atomic E-state index is 12.6. The van der Waals surface area contributed by atoms with Crippen LogP contribution in [0.15, 0.2) is 42.6 Å². The van der Waals surface area contributed by atoms with E-state index in [0.29, 0.717) is 31.6 Å². The number of carbonyl (C=O) groups is 1. The Bertz CT molecular complexity index is 1020. The summed E-state index contributed by atoms with van der Waals surface area (Å²) in [6.07, 6.45) is 1.80. The Balaban J connectivity index is 0.00000261. The van der Waals surface area contributed by atoms with E-state index in [0.717, 1.165) is 11.3 Å². The van der Waals surface area contributed by atoms with Crippen molar-refractivity contribution in [3.63, 3.8) is 0 Å². The van der Waals surface area contributed by atoms with Crippen molar-refractivity contribution in [3.8, 4) is 11.3 Å². The lowest BCUT2D eigenvalue weighted by Gasteiger charge is -2.02. The Morgan fingerprint density at radius 3 is 2.19 bits per heavy atom. The number of rotatable bonds is 4. The van der Waals surface area contributed by atoms with Crippen molar-refractivity contribution >= 4 is 58.1 Å². The fourth-order valence-electron chi connectivity index (χ4n) is 2.58. The van der Waals surface area contributed by atoms with Gasteiger partial charge in [0.15, 0.2) is 5.78 Å². The van der Waals surface area contributed by atoms with Gasteiger partial charge in [0, 0.05) is 11.1 Å². The van der Waals surface area contributed by atoms with Crippen molar-refractivity contribution < 1.29 is 26.3 Å². The smallest absolute Gasteiger partial charge is 0.355 e. The van der Waals surface area contributed by atoms with Crippen molar-refractivity contribution in [2.75, 3.05) is 5.73 Å². The van der Waals surface area contributed by atoms with Gasteiger partial charge in [0.2, 0.25) is 0 Å². The van der Waals surface area contributed by atoms with Gasteiger partial charge in [-0.05, 0) is 36.4 Å². The van der Waals surface area contributed by atoms with E-state index < -0.39 is 0 Å². The third-order valence-corrected chi connectivity index (χ3v) is 5.53. The van der Waals surface area contributed by atoms with Crippen molar-refractivity contribution in [3.05, 3.63) is 68.2 Å². The highest BCUT2D eigenvalue weighted by molar-refractivity contribution is 6.42. The minimum Gasteiger partial charge on any atom is -1.00 e. The van der Waals surface area contributed by atoms with Crippen molar-refractivity contribution in [1.29, 1.82) is 0 Å². The van der Waals surface area contributed by atoms with Crippen LogP contribution in [0.2, 0.25) is 20.1 Å². The summed E-state index contributed by atoms with van der Waals surface area (Å²) < 4.78 is 3.45. The van der Waals surface area contributed by atoms with Gasteiger partial charge in [-0.15, -0.1) is 0 Å². The van der Waals surface area contributed by atoms with E-state index in [1.165, 1.54) is 0 Å². The first-order valence-electron chi connectivity index (χ1n) is 7.56. The fourth-order valence-corrected chi connectivity index (χ4v) is 3.18. The van der Waals surface area contributed by atoms with E-state index in [2.05, 4.69) is 0 Å². The number of nitrogens with two attached hydrogens (primary N) is 1. The second kappa shape index (κ2) is 8.84. The fraction of sp³-hybridized carbons (Fsp3) is 0.111. The highest BCUT2D eigenvalue weighted by Crippen LogP contribution is 2.29. The standard InChI is InChI=1S/C18H13Cl4N3O.BrH/c1-24-16(10-2-4-12(19)14(21)6-10)8-25(18(24)23)9-17(26)11-3-5-13(20)15(22)7-11;/h2-8,23H,9H2,1H3;1H. The van der Waals surface area contributed by atoms with Crippen molar-refractivity contribution in [2.45, 2.75) is 6.54 Å². The lowest BCUT2D eigenvalue weighted by molar-refractivity contribution is -0.667. The summed E-state index contributed by atoms with van der Waals surface area (Å²) in [6.45, 7) is 0.0684. The Morgan fingerprint density at radius 2 is 1.59 bits per heavy atom. The predicted octanol–water partition coefficient (Wildman–Crippen LogP) is 2.06. The number of carbonyl (C=O) groups excluding carboxylic acids is 1. The highest BCUT2D eigenvalue weighted by atomic mass is 79.9. The molecule has 0 atom stereocenters. The van der Waals surface area contributed by atoms with Crippen LogP contribution in [0.5, 0.6) is 0 Å². The molecule has 0 radical (unpaired) electrons. The second-order valence-electron chi connectivity index (χ2n) is 5.74. The number of Topliss-reactive ketones (excluding diaryl/α,β-unsaturated/α-hetero) is 1. The molecule has 0 saturated heterocycles. The zero-order chi connectivity index (χ0) is 19.0. The van der Waals surface area contributed by atoms with Crippen LogP contribution in [0.4, 0.5) is 5.95 Å². The average Bonchev–Trinajstić information content (AvgIpc) is 2.88. The molecule has 0 unspecified atom stereocenters. The average molecular weight is 510 g/mol. The third kappa shape index (κ3) is 4.61. The number of hydrogen-bond donors (Lipinski definition) is 1. The van der Waals surface area contributed by atoms with E-state index in [9.17, 15) is 4.79 Å². The van der Waals surface area contributed by atoms with Gasteiger partial charge in [-0.2, -0.15) is 0 Å². The Labute approximate surface area is 187 Å². The Morgan fingerprint density at radius 1 is 1.00 bits per heavy atom. The van der Waals surface area contributed by atoms with Crippen LogP contribution in [0, 0.1) is 0 Å². The first-order valence-corrected chi connectivity index (χ1v) is 9.07. The molecular weight excluding hydrogens is 496 g/mol. The van der Waals surface area contributed by atoms with Crippen LogP contribution >= 0.6 is 46.4 Å². The minimum absolute atomic E-state index is 0. The molecule has 0 saturated carbocycles. The molecule has 0 aliphatic rings. The number of nitrogens with zero attached hydrogens (tertiary/aromatic N) is 2. The summed E-state index contributed by atoms with van der Waals surface area (Å²) in [6, 6.07) is 10.1. The van der Waals surface area contributed by atoms with E-state index in [1.807, 2.05) is 13.1 Å². The molecule has 0 bridgehead atoms. The minimum atomic E-state index is -0.133. The summed E-state index contributed by atoms with van der Waals surface area (Å²) >= 11 is 24.0. The quantitative estimate of drug-likeness (QED) is 0.432. The maximum Gasteiger partial charge on any atom is 0.355 e. The zero-order valence-corrected chi connectivity index (χ0v) is 18.6. The number of imidazole rings is 1. The molecule has 3 rings (SSSR count). The van der Waals surface area contributed by atoms with E-state index in [4.69, 9.17) is 52.1 Å². The van der Waals surface area contributed by atoms with Gasteiger partial charge < -0.3 is 17.0 Å². The summed E-state index contributed by atoms with van der Waals surface area (Å²) in [7, 11) is 1.81. The Kier molecular flexibility index (Phi) is 7.22. The molecule has 1 aromatic heterocycles. The lowest BCUT2D eigenvalue weighted by atomic mass is 10.1. The molecule has 1 heterocycles. The number of ketones is 1. The number of aromatic nitrogens is 2. The molecule has 2 aromatic carbocycles. The van der Waals surface area contributed by atoms with Crippen molar-refractivity contribution in [1.82, 2.24) is 4.57 Å². The maximum absolute atomic E-state index is 12.6. The summed E-state index contributed by atoms with van der Waals surface area (Å²) in [5.74, 6) is 0.297. The zero-order valence-electron chi connectivity index (χ0n) is 14.0. The SMILES string of the molecule is Cn1c(-c2ccc(Cl)c(Cl)c2)c[n+](CC(=O)c2ccc(Cl)c(Cl)c2)c1N.[Br-]. The second-order valence-corrected chi connectivity index (χ2v) is 7.37. The van der Waals surface area contributed by atoms with E-state index in [1.54, 1.807) is 45.7 Å². The molecule has 0 aliphatic carbocycles. The number of hydrogen-bond acceptors (Lipinski definition) is 2. The molecule has 9 heteroatoms. The predicted molar refractivity (Wildman–Crippen MR) is 106 cm³/mol. The van der Waals surface area contributed by atoms with Crippen LogP contribution < -0.4 is 27.3 Å². The number of nitrogen functional groups attached to an aromatic ring is 1. The number of benzene rings is 2. The molecule has 2 N–H and O–H groups in total. The first-order chi connectivity index (χ1) is 12.3. The van der Waals surface area contributed by atoms with Gasteiger partial charge in [-0.1, -0.05) is 46.4 Å². The summed E-state index contributed by atoms with van der Waals surface area (Å²) in [4.78, 5) is 12.6. The molecule has 0 spiro atoms. The van der Waals surface area contributed by atoms with Crippen molar-refractivity contribution in [2.24, 2.45) is 7.05 Å². The van der Waals surface area contributed by atoms with E-state index >= 15 is 0 Å². The Hall–Kier alpha value is -1.24. The van der Waals surface area contributed by atoms with Gasteiger partial charge in [0.1, 0.15) is 18.4 Å². The van der Waals surface area contributed by atoms with Gasteiger partial charge in [0.25, 0.3) is 0 Å². The van der Waals surface area contributed by atoms with Crippen LogP contribution in [0.25, 0.3) is 11.3 Å². The molecule has 142 valence electrons. The normalized spacial score (nSPS) is 10.6. The molecule has 0 aliphatic heterocycles. The summed E-state index contributed by atoms with van der Waals surface area (Å²) in [5, 5.41) is 1.65. The largest absolute Gasteiger partial charge is 1.00 e. The van der Waals surface area contributed by atoms with Crippen LogP contribution in [-0.4, -0.2) is 10.4 Å². The van der Waals surface area contributed by atoms with Crippen LogP contribution in [-0.2, 0) is 13.6 Å². The van der Waals surface area contributed by atoms with Gasteiger partial charge in [0.05, 0.1) is 27.1 Å².